The molecule has 3 aromatic rings. The van der Waals surface area contributed by atoms with Gasteiger partial charge in [-0.1, -0.05) is 41.1 Å². The van der Waals surface area contributed by atoms with Crippen LogP contribution in [0.3, 0.4) is 0 Å². The number of sulfonamides is 1. The summed E-state index contributed by atoms with van der Waals surface area (Å²) in [5.74, 6) is -1.25. The van der Waals surface area contributed by atoms with Gasteiger partial charge in [0.2, 0.25) is 5.13 Å². The monoisotopic (exact) mass is 557 g/mol. The molecule has 13 heteroatoms. The van der Waals surface area contributed by atoms with E-state index in [2.05, 4.69) is 4.98 Å². The maximum Gasteiger partial charge on any atom is 0.411 e. The first-order chi connectivity index (χ1) is 16.9. The molecule has 1 amide bonds. The fourth-order valence-electron chi connectivity index (χ4n) is 3.38. The number of carbonyl (C=O) groups is 2. The molecule has 192 valence electrons. The zero-order chi connectivity index (χ0) is 26.6. The Balaban J connectivity index is 2.07. The Morgan fingerprint density at radius 2 is 1.92 bits per heavy atom. The van der Waals surface area contributed by atoms with Gasteiger partial charge in [-0.3, -0.25) is 4.90 Å². The Labute approximate surface area is 215 Å². The fraction of sp³-hybridized carbons (Fsp3) is 0.261. The molecule has 1 aromatic heterocycles. The minimum Gasteiger partial charge on any atom is -0.465 e. The lowest BCUT2D eigenvalue weighted by Gasteiger charge is -2.24. The Hall–Kier alpha value is -3.09. The maximum absolute atomic E-state index is 15.2. The number of hydrogen-bond acceptors (Lipinski definition) is 6. The van der Waals surface area contributed by atoms with E-state index in [9.17, 15) is 27.5 Å². The van der Waals surface area contributed by atoms with E-state index in [4.69, 9.17) is 11.6 Å². The number of aromatic nitrogens is 1. The van der Waals surface area contributed by atoms with Crippen LogP contribution in [0.4, 0.5) is 24.4 Å². The highest BCUT2D eigenvalue weighted by atomic mass is 35.5. The molecule has 0 saturated carbocycles. The summed E-state index contributed by atoms with van der Waals surface area (Å²) in [5, 5.41) is 8.22. The van der Waals surface area contributed by atoms with Crippen LogP contribution in [0.15, 0.2) is 41.4 Å². The summed E-state index contributed by atoms with van der Waals surface area (Å²) in [6, 6.07) is 6.79. The van der Waals surface area contributed by atoms with E-state index in [1.807, 2.05) is 13.8 Å². The third-order valence-corrected chi connectivity index (χ3v) is 8.35. The zero-order valence-corrected chi connectivity index (χ0v) is 21.6. The topological polar surface area (TPSA) is 108 Å². The Morgan fingerprint density at radius 1 is 1.19 bits per heavy atom. The quantitative estimate of drug-likeness (QED) is 0.259. The average molecular weight is 558 g/mol. The van der Waals surface area contributed by atoms with E-state index < -0.39 is 32.0 Å². The molecule has 0 spiro atoms. The van der Waals surface area contributed by atoms with E-state index in [1.54, 1.807) is 18.2 Å². The standard InChI is InChI=1S/C23H22ClF2N3O5S2/c1-14-5-6-16(9-15(14)2)13-29(22-27-12-21(26)35-22)36(33,34)20-10-17(24)19(11-18(20)25)28(23(31)32)7-3-4-8-30/h5-6,8-12H,3-4,7,13H2,1-2H3,(H,31,32). The number of carbonyl (C=O) groups excluding carboxylic acids is 1. The molecule has 0 atom stereocenters. The van der Waals surface area contributed by atoms with Crippen LogP contribution in [0.2, 0.25) is 5.02 Å². The van der Waals surface area contributed by atoms with Crippen molar-refractivity contribution in [1.29, 1.82) is 0 Å². The largest absolute Gasteiger partial charge is 0.465 e. The second kappa shape index (κ2) is 11.3. The highest BCUT2D eigenvalue weighted by Gasteiger charge is 2.32. The molecule has 0 fully saturated rings. The smallest absolute Gasteiger partial charge is 0.411 e. The molecule has 0 saturated heterocycles. The van der Waals surface area contributed by atoms with Crippen molar-refractivity contribution in [1.82, 2.24) is 4.98 Å². The van der Waals surface area contributed by atoms with Crippen molar-refractivity contribution >= 4 is 56.2 Å². The van der Waals surface area contributed by atoms with E-state index in [0.717, 1.165) is 32.6 Å². The molecule has 0 unspecified atom stereocenters. The van der Waals surface area contributed by atoms with Gasteiger partial charge in [-0.05, 0) is 43.0 Å². The first kappa shape index (κ1) is 27.5. The van der Waals surface area contributed by atoms with Gasteiger partial charge in [0, 0.05) is 19.0 Å². The second-order valence-corrected chi connectivity index (χ2v) is 11.1. The van der Waals surface area contributed by atoms with Crippen LogP contribution in [0.1, 0.15) is 29.5 Å². The van der Waals surface area contributed by atoms with Crippen molar-refractivity contribution in [3.8, 4) is 0 Å². The normalized spacial score (nSPS) is 11.4. The first-order valence-corrected chi connectivity index (χ1v) is 13.2. The Bertz CT molecular complexity index is 1400. The number of unbranched alkanes of at least 4 members (excludes halogenated alkanes) is 1. The second-order valence-electron chi connectivity index (χ2n) is 7.85. The predicted octanol–water partition coefficient (Wildman–Crippen LogP) is 5.55. The molecular weight excluding hydrogens is 536 g/mol. The van der Waals surface area contributed by atoms with E-state index >= 15 is 4.39 Å². The molecule has 0 radical (unpaired) electrons. The Morgan fingerprint density at radius 3 is 2.50 bits per heavy atom. The maximum atomic E-state index is 15.2. The van der Waals surface area contributed by atoms with Gasteiger partial charge in [-0.15, -0.1) is 0 Å². The average Bonchev–Trinajstić information content (AvgIpc) is 3.24. The number of aldehydes is 1. The predicted molar refractivity (Wildman–Crippen MR) is 133 cm³/mol. The highest BCUT2D eigenvalue weighted by Crippen LogP contribution is 2.35. The van der Waals surface area contributed by atoms with Crippen LogP contribution in [0, 0.1) is 24.8 Å². The Kier molecular flexibility index (Phi) is 8.64. The van der Waals surface area contributed by atoms with Gasteiger partial charge in [0.25, 0.3) is 10.0 Å². The van der Waals surface area contributed by atoms with Gasteiger partial charge in [-0.2, -0.15) is 4.39 Å². The number of halogens is 3. The summed E-state index contributed by atoms with van der Waals surface area (Å²) in [6.07, 6.45) is 0.261. The lowest BCUT2D eigenvalue weighted by Crippen LogP contribution is -2.32. The summed E-state index contributed by atoms with van der Waals surface area (Å²) in [5.41, 5.74) is 2.18. The third kappa shape index (κ3) is 6.00. The van der Waals surface area contributed by atoms with Crippen LogP contribution >= 0.6 is 22.9 Å². The van der Waals surface area contributed by atoms with Crippen LogP contribution in [-0.2, 0) is 21.4 Å². The summed E-state index contributed by atoms with van der Waals surface area (Å²) in [4.78, 5) is 26.0. The highest BCUT2D eigenvalue weighted by molar-refractivity contribution is 7.93. The molecule has 2 aromatic carbocycles. The number of hydrogen-bond donors (Lipinski definition) is 1. The van der Waals surface area contributed by atoms with Gasteiger partial charge in [0.15, 0.2) is 5.13 Å². The molecule has 8 nitrogen and oxygen atoms in total. The van der Waals surface area contributed by atoms with Crippen molar-refractivity contribution in [3.63, 3.8) is 0 Å². The molecule has 3 rings (SSSR count). The van der Waals surface area contributed by atoms with E-state index in [1.165, 1.54) is 0 Å². The molecule has 0 bridgehead atoms. The van der Waals surface area contributed by atoms with Crippen LogP contribution in [0.25, 0.3) is 0 Å². The minimum atomic E-state index is -4.66. The van der Waals surface area contributed by atoms with Crippen LogP contribution in [-0.4, -0.2) is 37.4 Å². The third-order valence-electron chi connectivity index (χ3n) is 5.37. The first-order valence-electron chi connectivity index (χ1n) is 10.6. The number of anilines is 2. The van der Waals surface area contributed by atoms with Crippen molar-refractivity contribution < 1.29 is 31.9 Å². The molecule has 1 heterocycles. The lowest BCUT2D eigenvalue weighted by molar-refractivity contribution is -0.107. The van der Waals surface area contributed by atoms with Gasteiger partial charge in [-0.25, -0.2) is 26.9 Å². The molecule has 0 aliphatic carbocycles. The van der Waals surface area contributed by atoms with Gasteiger partial charge < -0.3 is 9.90 Å². The number of thiazole rings is 1. The minimum absolute atomic E-state index is 0.0775. The fourth-order valence-corrected chi connectivity index (χ4v) is 6.05. The van der Waals surface area contributed by atoms with Crippen molar-refractivity contribution in [3.05, 3.63) is 69.2 Å². The number of rotatable bonds is 10. The summed E-state index contributed by atoms with van der Waals surface area (Å²) >= 11 is 6.69. The van der Waals surface area contributed by atoms with E-state index in [0.29, 0.717) is 29.3 Å². The van der Waals surface area contributed by atoms with Crippen LogP contribution < -0.4 is 9.21 Å². The zero-order valence-electron chi connectivity index (χ0n) is 19.2. The summed E-state index contributed by atoms with van der Waals surface area (Å²) in [6.45, 7) is 3.32. The number of benzene rings is 2. The van der Waals surface area contributed by atoms with E-state index in [-0.39, 0.29) is 41.8 Å². The number of nitrogens with zero attached hydrogens (tertiary/aromatic N) is 3. The van der Waals surface area contributed by atoms with Crippen molar-refractivity contribution in [2.75, 3.05) is 15.7 Å². The van der Waals surface area contributed by atoms with Crippen LogP contribution in [0.5, 0.6) is 0 Å². The molecule has 0 aliphatic rings. The van der Waals surface area contributed by atoms with Gasteiger partial charge in [0.05, 0.1) is 23.5 Å². The van der Waals surface area contributed by atoms with Gasteiger partial charge in [0.1, 0.15) is 17.0 Å². The molecule has 1 N–H and O–H groups in total. The molecule has 0 aliphatic heterocycles. The summed E-state index contributed by atoms with van der Waals surface area (Å²) < 4.78 is 57.0. The molecular formula is C23H22ClF2N3O5S2. The molecule has 36 heavy (non-hydrogen) atoms. The van der Waals surface area contributed by atoms with Gasteiger partial charge >= 0.3 is 6.09 Å². The number of aryl methyl sites for hydroxylation is 2. The SMILES string of the molecule is Cc1ccc(CN(c2ncc(F)s2)S(=O)(=O)c2cc(Cl)c(N(CCCC=O)C(=O)O)cc2F)cc1C. The van der Waals surface area contributed by atoms with Crippen molar-refractivity contribution in [2.45, 2.75) is 38.1 Å². The lowest BCUT2D eigenvalue weighted by atomic mass is 10.1. The number of carboxylic acid groups (broad SMARTS) is 1. The summed E-state index contributed by atoms with van der Waals surface area (Å²) in [7, 11) is -4.66. The van der Waals surface area contributed by atoms with Crippen molar-refractivity contribution in [2.24, 2.45) is 0 Å². The number of amides is 1.